The number of ether oxygens (including phenoxy) is 7. The van der Waals surface area contributed by atoms with Crippen LogP contribution in [0.3, 0.4) is 0 Å². The van der Waals surface area contributed by atoms with E-state index in [1.54, 1.807) is 24.3 Å². The van der Waals surface area contributed by atoms with Crippen molar-refractivity contribution in [3.05, 3.63) is 29.7 Å². The summed E-state index contributed by atoms with van der Waals surface area (Å²) in [6.07, 6.45) is 0. The van der Waals surface area contributed by atoms with E-state index < -0.39 is 11.9 Å². The van der Waals surface area contributed by atoms with Crippen molar-refractivity contribution in [3.8, 4) is 11.5 Å². The molecular weight excluding hydrogens is 457 g/mol. The maximum atomic E-state index is 11.7. The molecule has 1 aliphatic rings. The maximum absolute atomic E-state index is 11.7. The second kappa shape index (κ2) is 21.0. The van der Waals surface area contributed by atoms with E-state index >= 15 is 0 Å². The number of hydrogen-bond donors (Lipinski definition) is 0. The summed E-state index contributed by atoms with van der Waals surface area (Å²) in [5, 5.41) is 8.47. The van der Waals surface area contributed by atoms with Crippen molar-refractivity contribution in [3.63, 3.8) is 0 Å². The Morgan fingerprint density at radius 2 is 1.00 bits per heavy atom. The summed E-state index contributed by atoms with van der Waals surface area (Å²) in [5.74, 6) is -0.422. The van der Waals surface area contributed by atoms with Gasteiger partial charge in [-0.1, -0.05) is 24.4 Å². The SMILES string of the molecule is O=C1COc2ccccc2OCC(=O)OCCOCCOCCOCCO1.[K+].[N-]=C=S. The fraction of sp³-hybridized carbons (Fsp3) is 0.526. The second-order valence-electron chi connectivity index (χ2n) is 5.39. The van der Waals surface area contributed by atoms with Crippen molar-refractivity contribution in [1.82, 2.24) is 0 Å². The molecule has 2 rings (SSSR count). The van der Waals surface area contributed by atoms with E-state index in [0.717, 1.165) is 0 Å². The summed E-state index contributed by atoms with van der Waals surface area (Å²) in [5.41, 5.74) is 0. The number of thiocarbonyl (C=S) groups is 1. The molecular formula is C19H24KNO9S. The normalized spacial score (nSPS) is 17.0. The number of benzene rings is 1. The summed E-state index contributed by atoms with van der Waals surface area (Å²) >= 11 is 3.70. The van der Waals surface area contributed by atoms with E-state index in [-0.39, 0.29) is 91.0 Å². The van der Waals surface area contributed by atoms with Crippen LogP contribution in [0.4, 0.5) is 0 Å². The zero-order valence-corrected chi connectivity index (χ0v) is 21.3. The van der Waals surface area contributed by atoms with Gasteiger partial charge in [-0.25, -0.2) is 9.59 Å². The molecule has 0 N–H and O–H groups in total. The van der Waals surface area contributed by atoms with Crippen LogP contribution in [0.15, 0.2) is 24.3 Å². The molecule has 0 radical (unpaired) electrons. The van der Waals surface area contributed by atoms with Gasteiger partial charge in [0.15, 0.2) is 24.7 Å². The Morgan fingerprint density at radius 3 is 1.35 bits per heavy atom. The fourth-order valence-electron chi connectivity index (χ4n) is 2.02. The Balaban J connectivity index is 0.00000212. The standard InChI is InChI=1S/C18H24O9.CNS.K/c19-17-13-26-15-3-1-2-4-16(15)27-14-18(20)25-12-10-23-8-6-21-5-7-22-9-11-24-17;2-1-3;/h1-4H,5-14H2;;/q;-1;+1. The molecule has 166 valence electrons. The Kier molecular flexibility index (Phi) is 20.3. The van der Waals surface area contributed by atoms with Crippen molar-refractivity contribution in [1.29, 1.82) is 0 Å². The third-order valence-electron chi connectivity index (χ3n) is 3.27. The van der Waals surface area contributed by atoms with Crippen molar-refractivity contribution < 1.29 is 94.1 Å². The zero-order chi connectivity index (χ0) is 21.9. The van der Waals surface area contributed by atoms with Gasteiger partial charge in [0.1, 0.15) is 13.2 Å². The summed E-state index contributed by atoms with van der Waals surface area (Å²) in [7, 11) is 0. The first-order valence-electron chi connectivity index (χ1n) is 9.07. The molecule has 0 spiro atoms. The third kappa shape index (κ3) is 16.4. The average Bonchev–Trinajstić information content (AvgIpc) is 2.74. The molecule has 10 nitrogen and oxygen atoms in total. The Labute approximate surface area is 228 Å². The number of carbonyl (C=O) groups is 2. The Morgan fingerprint density at radius 1 is 0.677 bits per heavy atom. The Bertz CT molecular complexity index is 623. The van der Waals surface area contributed by atoms with Gasteiger partial charge in [-0.15, -0.1) is 0 Å². The first-order chi connectivity index (χ1) is 14.7. The predicted octanol–water partition coefficient (Wildman–Crippen LogP) is -1.74. The van der Waals surface area contributed by atoms with Crippen LogP contribution in [0.1, 0.15) is 0 Å². The number of fused-ring (bicyclic) bond motifs is 1. The van der Waals surface area contributed by atoms with Gasteiger partial charge in [-0.2, -0.15) is 5.16 Å². The summed E-state index contributed by atoms with van der Waals surface area (Å²) in [6.45, 7) is 1.79. The van der Waals surface area contributed by atoms with Crippen LogP contribution in [0, 0.1) is 0 Å². The number of hydrogen-bond acceptors (Lipinski definition) is 10. The molecule has 12 heteroatoms. The quantitative estimate of drug-likeness (QED) is 0.183. The predicted molar refractivity (Wildman–Crippen MR) is 108 cm³/mol. The molecule has 31 heavy (non-hydrogen) atoms. The number of isothiocyanates is 1. The molecule has 1 heterocycles. The van der Waals surface area contributed by atoms with Gasteiger partial charge in [0.25, 0.3) is 0 Å². The monoisotopic (exact) mass is 481 g/mol. The number of nitrogens with zero attached hydrogens (tertiary/aromatic N) is 1. The molecule has 1 aliphatic heterocycles. The third-order valence-corrected chi connectivity index (χ3v) is 3.27. The van der Waals surface area contributed by atoms with Crippen molar-refractivity contribution >= 4 is 29.3 Å². The van der Waals surface area contributed by atoms with E-state index in [2.05, 4.69) is 12.2 Å². The van der Waals surface area contributed by atoms with Crippen LogP contribution in [0.5, 0.6) is 11.5 Å². The number of esters is 2. The molecule has 0 amide bonds. The molecule has 0 bridgehead atoms. The molecule has 0 atom stereocenters. The Hall–Kier alpha value is -0.924. The number of cyclic esters (lactones) is 2. The van der Waals surface area contributed by atoms with Gasteiger partial charge in [-0.05, 0) is 12.1 Å². The molecule has 1 aromatic carbocycles. The second-order valence-corrected chi connectivity index (χ2v) is 5.58. The van der Waals surface area contributed by atoms with Gasteiger partial charge < -0.3 is 38.6 Å². The van der Waals surface area contributed by atoms with Crippen LogP contribution in [-0.2, 0) is 33.3 Å². The fourth-order valence-corrected chi connectivity index (χ4v) is 2.02. The molecule has 0 unspecified atom stereocenters. The minimum absolute atomic E-state index is 0. The molecule has 1 aromatic rings. The molecule has 0 fully saturated rings. The van der Waals surface area contributed by atoms with Crippen molar-refractivity contribution in [2.24, 2.45) is 0 Å². The van der Waals surface area contributed by atoms with E-state index in [1.165, 1.54) is 5.16 Å². The van der Waals surface area contributed by atoms with Crippen LogP contribution in [0.25, 0.3) is 5.41 Å². The number of carbonyl (C=O) groups excluding carboxylic acids is 2. The van der Waals surface area contributed by atoms with Crippen molar-refractivity contribution in [2.45, 2.75) is 0 Å². The van der Waals surface area contributed by atoms with Crippen LogP contribution < -0.4 is 60.9 Å². The van der Waals surface area contributed by atoms with Gasteiger partial charge >= 0.3 is 63.3 Å². The molecule has 0 aromatic heterocycles. The van der Waals surface area contributed by atoms with Crippen LogP contribution in [-0.4, -0.2) is 83.2 Å². The van der Waals surface area contributed by atoms with Crippen LogP contribution >= 0.6 is 12.2 Å². The smallest absolute Gasteiger partial charge is 0.753 e. The summed E-state index contributed by atoms with van der Waals surface area (Å²) in [6, 6.07) is 6.70. The first kappa shape index (κ1) is 30.1. The van der Waals surface area contributed by atoms with Crippen LogP contribution in [0.2, 0.25) is 0 Å². The number of rotatable bonds is 0. The molecule has 0 saturated heterocycles. The largest absolute Gasteiger partial charge is 1.00 e. The molecule has 0 aliphatic carbocycles. The van der Waals surface area contributed by atoms with Crippen molar-refractivity contribution in [2.75, 3.05) is 66.1 Å². The van der Waals surface area contributed by atoms with E-state index in [1.807, 2.05) is 0 Å². The molecule has 0 saturated carbocycles. The summed E-state index contributed by atoms with van der Waals surface area (Å²) < 4.78 is 36.7. The van der Waals surface area contributed by atoms with E-state index in [9.17, 15) is 9.59 Å². The van der Waals surface area contributed by atoms with E-state index in [4.69, 9.17) is 38.6 Å². The minimum Gasteiger partial charge on any atom is -0.753 e. The zero-order valence-electron chi connectivity index (χ0n) is 17.4. The van der Waals surface area contributed by atoms with Gasteiger partial charge in [0.05, 0.1) is 39.6 Å². The number of para-hydroxylation sites is 2. The summed E-state index contributed by atoms with van der Waals surface area (Å²) in [4.78, 5) is 23.4. The first-order valence-corrected chi connectivity index (χ1v) is 9.48. The van der Waals surface area contributed by atoms with E-state index in [0.29, 0.717) is 37.9 Å². The van der Waals surface area contributed by atoms with Gasteiger partial charge in [0.2, 0.25) is 0 Å². The average molecular weight is 482 g/mol. The minimum atomic E-state index is -0.535. The van der Waals surface area contributed by atoms with Gasteiger partial charge in [-0.3, -0.25) is 0 Å². The topological polar surface area (TPSA) is 121 Å². The maximum Gasteiger partial charge on any atom is 1.00 e. The van der Waals surface area contributed by atoms with Gasteiger partial charge in [0, 0.05) is 0 Å².